The van der Waals surface area contributed by atoms with Gasteiger partial charge in [0.2, 0.25) is 0 Å². The standard InChI is InChI=1S/C16H32N2/c1-4-13-8-10-15(11-9-13)18(3)12-14-6-5-7-16(14)17-2/h13-17H,4-12H2,1-3H3. The van der Waals surface area contributed by atoms with Crippen molar-refractivity contribution in [1.29, 1.82) is 0 Å². The fourth-order valence-corrected chi connectivity index (χ4v) is 4.15. The first-order valence-corrected chi connectivity index (χ1v) is 8.12. The predicted molar refractivity (Wildman–Crippen MR) is 78.9 cm³/mol. The molecule has 2 fully saturated rings. The molecule has 18 heavy (non-hydrogen) atoms. The molecule has 2 unspecified atom stereocenters. The minimum Gasteiger partial charge on any atom is -0.317 e. The van der Waals surface area contributed by atoms with Gasteiger partial charge < -0.3 is 10.2 Å². The summed E-state index contributed by atoms with van der Waals surface area (Å²) in [6.45, 7) is 3.66. The Morgan fingerprint density at radius 1 is 1.06 bits per heavy atom. The molecule has 2 aliphatic rings. The van der Waals surface area contributed by atoms with Crippen LogP contribution in [0.5, 0.6) is 0 Å². The van der Waals surface area contributed by atoms with Gasteiger partial charge in [0.05, 0.1) is 0 Å². The van der Waals surface area contributed by atoms with E-state index in [1.165, 1.54) is 57.9 Å². The van der Waals surface area contributed by atoms with Crippen LogP contribution in [0.1, 0.15) is 58.3 Å². The predicted octanol–water partition coefficient (Wildman–Crippen LogP) is 3.28. The summed E-state index contributed by atoms with van der Waals surface area (Å²) in [5.41, 5.74) is 0. The third kappa shape index (κ3) is 3.48. The first kappa shape index (κ1) is 14.3. The van der Waals surface area contributed by atoms with Crippen LogP contribution in [0.3, 0.4) is 0 Å². The Kier molecular flexibility index (Phi) is 5.50. The van der Waals surface area contributed by atoms with Gasteiger partial charge in [0.25, 0.3) is 0 Å². The molecule has 2 atom stereocenters. The minimum atomic E-state index is 0.777. The van der Waals surface area contributed by atoms with Crippen LogP contribution in [0.4, 0.5) is 0 Å². The van der Waals surface area contributed by atoms with Crippen LogP contribution in [0.15, 0.2) is 0 Å². The van der Waals surface area contributed by atoms with E-state index in [0.29, 0.717) is 0 Å². The molecule has 1 N–H and O–H groups in total. The number of rotatable bonds is 5. The van der Waals surface area contributed by atoms with Crippen LogP contribution in [-0.2, 0) is 0 Å². The van der Waals surface area contributed by atoms with Gasteiger partial charge in [-0.1, -0.05) is 19.8 Å². The van der Waals surface area contributed by atoms with Gasteiger partial charge in [-0.3, -0.25) is 0 Å². The third-order valence-corrected chi connectivity index (χ3v) is 5.57. The highest BCUT2D eigenvalue weighted by atomic mass is 15.1. The van der Waals surface area contributed by atoms with Crippen molar-refractivity contribution in [3.63, 3.8) is 0 Å². The van der Waals surface area contributed by atoms with Gasteiger partial charge in [-0.2, -0.15) is 0 Å². The molecule has 2 heteroatoms. The van der Waals surface area contributed by atoms with Crippen LogP contribution in [0, 0.1) is 11.8 Å². The van der Waals surface area contributed by atoms with Crippen molar-refractivity contribution in [2.45, 2.75) is 70.4 Å². The molecule has 0 radical (unpaired) electrons. The van der Waals surface area contributed by atoms with E-state index >= 15 is 0 Å². The Balaban J connectivity index is 1.76. The van der Waals surface area contributed by atoms with Gasteiger partial charge in [-0.25, -0.2) is 0 Å². The van der Waals surface area contributed by atoms with Crippen molar-refractivity contribution in [2.24, 2.45) is 11.8 Å². The molecule has 0 spiro atoms. The second-order valence-electron chi connectivity index (χ2n) is 6.61. The van der Waals surface area contributed by atoms with Crippen molar-refractivity contribution in [2.75, 3.05) is 20.6 Å². The molecule has 2 aliphatic carbocycles. The van der Waals surface area contributed by atoms with E-state index in [1.54, 1.807) is 0 Å². The van der Waals surface area contributed by atoms with Crippen molar-refractivity contribution < 1.29 is 0 Å². The molecular formula is C16H32N2. The van der Waals surface area contributed by atoms with Crippen LogP contribution in [0.2, 0.25) is 0 Å². The van der Waals surface area contributed by atoms with Crippen LogP contribution in [0.25, 0.3) is 0 Å². The Morgan fingerprint density at radius 3 is 2.39 bits per heavy atom. The minimum absolute atomic E-state index is 0.777. The number of nitrogens with one attached hydrogen (secondary N) is 1. The van der Waals surface area contributed by atoms with Crippen molar-refractivity contribution in [1.82, 2.24) is 10.2 Å². The Bertz CT molecular complexity index is 233. The van der Waals surface area contributed by atoms with Gasteiger partial charge in [0.1, 0.15) is 0 Å². The molecule has 2 saturated carbocycles. The van der Waals surface area contributed by atoms with Crippen molar-refractivity contribution in [3.8, 4) is 0 Å². The Hall–Kier alpha value is -0.0800. The average molecular weight is 252 g/mol. The first-order chi connectivity index (χ1) is 8.74. The third-order valence-electron chi connectivity index (χ3n) is 5.57. The van der Waals surface area contributed by atoms with Crippen molar-refractivity contribution >= 4 is 0 Å². The van der Waals surface area contributed by atoms with E-state index in [9.17, 15) is 0 Å². The molecule has 2 rings (SSSR count). The summed E-state index contributed by atoms with van der Waals surface area (Å²) in [6, 6.07) is 1.64. The lowest BCUT2D eigenvalue weighted by Crippen LogP contribution is -2.42. The van der Waals surface area contributed by atoms with Crippen LogP contribution >= 0.6 is 0 Å². The molecule has 0 aromatic carbocycles. The highest BCUT2D eigenvalue weighted by molar-refractivity contribution is 4.86. The Labute approximate surface area is 114 Å². The molecular weight excluding hydrogens is 220 g/mol. The monoisotopic (exact) mass is 252 g/mol. The number of nitrogens with zero attached hydrogens (tertiary/aromatic N) is 1. The van der Waals surface area contributed by atoms with E-state index in [4.69, 9.17) is 0 Å². The van der Waals surface area contributed by atoms with Gasteiger partial charge in [0.15, 0.2) is 0 Å². The second-order valence-corrected chi connectivity index (χ2v) is 6.61. The fraction of sp³-hybridized carbons (Fsp3) is 1.00. The topological polar surface area (TPSA) is 15.3 Å². The second kappa shape index (κ2) is 6.91. The van der Waals surface area contributed by atoms with E-state index < -0.39 is 0 Å². The smallest absolute Gasteiger partial charge is 0.0104 e. The summed E-state index contributed by atoms with van der Waals surface area (Å²) >= 11 is 0. The maximum absolute atomic E-state index is 3.51. The van der Waals surface area contributed by atoms with Gasteiger partial charge >= 0.3 is 0 Å². The maximum atomic E-state index is 3.51. The molecule has 0 heterocycles. The molecule has 0 saturated heterocycles. The zero-order valence-electron chi connectivity index (χ0n) is 12.6. The molecule has 0 aliphatic heterocycles. The van der Waals surface area contributed by atoms with Crippen LogP contribution < -0.4 is 5.32 Å². The fourth-order valence-electron chi connectivity index (χ4n) is 4.15. The molecule has 106 valence electrons. The lowest BCUT2D eigenvalue weighted by atomic mass is 9.84. The summed E-state index contributed by atoms with van der Waals surface area (Å²) in [5.74, 6) is 1.91. The zero-order valence-corrected chi connectivity index (χ0v) is 12.6. The molecule has 2 nitrogen and oxygen atoms in total. The maximum Gasteiger partial charge on any atom is 0.0104 e. The van der Waals surface area contributed by atoms with Crippen LogP contribution in [-0.4, -0.2) is 37.6 Å². The summed E-state index contributed by atoms with van der Waals surface area (Å²) < 4.78 is 0. The van der Waals surface area contributed by atoms with E-state index in [2.05, 4.69) is 31.2 Å². The normalized spacial score (nSPS) is 37.3. The van der Waals surface area contributed by atoms with Gasteiger partial charge in [-0.05, 0) is 64.5 Å². The number of hydrogen-bond acceptors (Lipinski definition) is 2. The molecule has 0 bridgehead atoms. The average Bonchev–Trinajstić information content (AvgIpc) is 2.86. The SMILES string of the molecule is CCC1CCC(N(C)CC2CCCC2NC)CC1. The molecule has 0 aromatic rings. The van der Waals surface area contributed by atoms with E-state index in [-0.39, 0.29) is 0 Å². The summed E-state index contributed by atoms with van der Waals surface area (Å²) in [5, 5.41) is 3.51. The van der Waals surface area contributed by atoms with E-state index in [0.717, 1.165) is 23.9 Å². The lowest BCUT2D eigenvalue weighted by molar-refractivity contribution is 0.139. The first-order valence-electron chi connectivity index (χ1n) is 8.12. The highest BCUT2D eigenvalue weighted by Gasteiger charge is 2.29. The summed E-state index contributed by atoms with van der Waals surface area (Å²) in [4.78, 5) is 2.67. The lowest BCUT2D eigenvalue weighted by Gasteiger charge is -2.36. The quantitative estimate of drug-likeness (QED) is 0.808. The van der Waals surface area contributed by atoms with Gasteiger partial charge in [-0.15, -0.1) is 0 Å². The van der Waals surface area contributed by atoms with E-state index in [1.807, 2.05) is 0 Å². The van der Waals surface area contributed by atoms with Gasteiger partial charge in [0, 0.05) is 18.6 Å². The molecule has 0 amide bonds. The highest BCUT2D eigenvalue weighted by Crippen LogP contribution is 2.31. The largest absolute Gasteiger partial charge is 0.317 e. The summed E-state index contributed by atoms with van der Waals surface area (Å²) in [6.07, 6.45) is 11.4. The zero-order chi connectivity index (χ0) is 13.0. The molecule has 0 aromatic heterocycles. The summed E-state index contributed by atoms with van der Waals surface area (Å²) in [7, 11) is 4.50. The number of hydrogen-bond donors (Lipinski definition) is 1. The van der Waals surface area contributed by atoms with Crippen molar-refractivity contribution in [3.05, 3.63) is 0 Å². The Morgan fingerprint density at radius 2 is 1.78 bits per heavy atom.